The van der Waals surface area contributed by atoms with E-state index in [4.69, 9.17) is 4.74 Å². The summed E-state index contributed by atoms with van der Waals surface area (Å²) < 4.78 is 6.15. The number of rotatable bonds is 6. The van der Waals surface area contributed by atoms with Gasteiger partial charge in [0, 0.05) is 6.04 Å². The fraction of sp³-hybridized carbons (Fsp3) is 0.667. The first kappa shape index (κ1) is 17.0. The molecule has 20 heavy (non-hydrogen) atoms. The molecule has 0 radical (unpaired) electrons. The summed E-state index contributed by atoms with van der Waals surface area (Å²) in [5.41, 5.74) is 3.95. The van der Waals surface area contributed by atoms with Crippen molar-refractivity contribution in [3.63, 3.8) is 0 Å². The average molecular weight is 277 g/mol. The Morgan fingerprint density at radius 2 is 1.65 bits per heavy atom. The Morgan fingerprint density at radius 3 is 2.10 bits per heavy atom. The molecular formula is C18H31NO. The van der Waals surface area contributed by atoms with E-state index >= 15 is 0 Å². The molecule has 1 N–H and O–H groups in total. The van der Waals surface area contributed by atoms with Gasteiger partial charge >= 0.3 is 0 Å². The molecule has 0 amide bonds. The van der Waals surface area contributed by atoms with Crippen molar-refractivity contribution in [3.05, 3.63) is 28.8 Å². The smallest absolute Gasteiger partial charge is 0.125 e. The largest absolute Gasteiger partial charge is 0.491 e. The van der Waals surface area contributed by atoms with Gasteiger partial charge in [0.25, 0.3) is 0 Å². The molecule has 1 aromatic rings. The maximum atomic E-state index is 6.15. The molecule has 0 aliphatic rings. The quantitative estimate of drug-likeness (QED) is 0.832. The van der Waals surface area contributed by atoms with Crippen LogP contribution in [0.2, 0.25) is 0 Å². The highest BCUT2D eigenvalue weighted by atomic mass is 16.5. The third kappa shape index (κ3) is 4.82. The van der Waals surface area contributed by atoms with Crippen LogP contribution in [-0.4, -0.2) is 19.2 Å². The summed E-state index contributed by atoms with van der Waals surface area (Å²) in [6.07, 6.45) is 1.15. The topological polar surface area (TPSA) is 21.3 Å². The Morgan fingerprint density at radius 1 is 1.10 bits per heavy atom. The molecule has 0 spiro atoms. The van der Waals surface area contributed by atoms with Crippen LogP contribution in [0.1, 0.15) is 50.8 Å². The minimum Gasteiger partial charge on any atom is -0.491 e. The zero-order valence-corrected chi connectivity index (χ0v) is 14.3. The van der Waals surface area contributed by atoms with E-state index in [1.807, 2.05) is 0 Å². The highest BCUT2D eigenvalue weighted by Gasteiger charge is 2.25. The lowest BCUT2D eigenvalue weighted by atomic mass is 9.87. The van der Waals surface area contributed by atoms with Crippen LogP contribution in [0.5, 0.6) is 5.75 Å². The summed E-state index contributed by atoms with van der Waals surface area (Å²) in [5, 5.41) is 3.60. The van der Waals surface area contributed by atoms with Crippen LogP contribution in [0.3, 0.4) is 0 Å². The standard InChI is InChI=1S/C18H31NO/c1-8-9-19-16(18(5,6)7)12-20-17-14(3)10-13(2)11-15(17)4/h10-11,16,19H,8-9,12H2,1-7H3. The Balaban J connectivity index is 2.77. The monoisotopic (exact) mass is 277 g/mol. The molecule has 1 aromatic carbocycles. The molecule has 0 bridgehead atoms. The maximum absolute atomic E-state index is 6.15. The van der Waals surface area contributed by atoms with Crippen molar-refractivity contribution in [1.29, 1.82) is 0 Å². The van der Waals surface area contributed by atoms with Crippen LogP contribution < -0.4 is 10.1 Å². The first-order valence-corrected chi connectivity index (χ1v) is 7.69. The van der Waals surface area contributed by atoms with Crippen molar-refractivity contribution < 1.29 is 4.74 Å². The number of benzene rings is 1. The second-order valence-electron chi connectivity index (χ2n) is 6.91. The second kappa shape index (κ2) is 7.12. The highest BCUT2D eigenvalue weighted by Crippen LogP contribution is 2.26. The normalized spacial score (nSPS) is 13.3. The molecule has 114 valence electrons. The van der Waals surface area contributed by atoms with Gasteiger partial charge in [0.05, 0.1) is 0 Å². The first-order valence-electron chi connectivity index (χ1n) is 7.69. The van der Waals surface area contributed by atoms with Crippen molar-refractivity contribution in [1.82, 2.24) is 5.32 Å². The third-order valence-electron chi connectivity index (χ3n) is 3.69. The second-order valence-corrected chi connectivity index (χ2v) is 6.91. The Bertz CT molecular complexity index is 409. The third-order valence-corrected chi connectivity index (χ3v) is 3.69. The van der Waals surface area contributed by atoms with E-state index in [-0.39, 0.29) is 5.41 Å². The van der Waals surface area contributed by atoms with E-state index in [2.05, 4.69) is 65.9 Å². The minimum absolute atomic E-state index is 0.196. The van der Waals surface area contributed by atoms with Gasteiger partial charge in [-0.15, -0.1) is 0 Å². The van der Waals surface area contributed by atoms with Gasteiger partial charge in [-0.2, -0.15) is 0 Å². The summed E-state index contributed by atoms with van der Waals surface area (Å²) in [5.74, 6) is 1.04. The molecule has 1 rings (SSSR count). The SMILES string of the molecule is CCCNC(COc1c(C)cc(C)cc1C)C(C)(C)C. The van der Waals surface area contributed by atoms with Gasteiger partial charge < -0.3 is 10.1 Å². The number of nitrogens with one attached hydrogen (secondary N) is 1. The molecular weight excluding hydrogens is 246 g/mol. The zero-order valence-electron chi connectivity index (χ0n) is 14.3. The maximum Gasteiger partial charge on any atom is 0.125 e. The van der Waals surface area contributed by atoms with E-state index < -0.39 is 0 Å². The van der Waals surface area contributed by atoms with Gasteiger partial charge in [-0.1, -0.05) is 45.4 Å². The summed E-state index contributed by atoms with van der Waals surface area (Å²) >= 11 is 0. The van der Waals surface area contributed by atoms with Gasteiger partial charge in [-0.25, -0.2) is 0 Å². The van der Waals surface area contributed by atoms with Crippen molar-refractivity contribution in [3.8, 4) is 5.75 Å². The van der Waals surface area contributed by atoms with Crippen LogP contribution >= 0.6 is 0 Å². The highest BCUT2D eigenvalue weighted by molar-refractivity contribution is 5.42. The van der Waals surface area contributed by atoms with Gasteiger partial charge in [-0.05, 0) is 50.3 Å². The zero-order chi connectivity index (χ0) is 15.3. The molecule has 1 unspecified atom stereocenters. The van der Waals surface area contributed by atoms with Crippen LogP contribution in [-0.2, 0) is 0 Å². The van der Waals surface area contributed by atoms with E-state index in [0.717, 1.165) is 18.7 Å². The van der Waals surface area contributed by atoms with Crippen molar-refractivity contribution in [2.75, 3.05) is 13.2 Å². The summed E-state index contributed by atoms with van der Waals surface area (Å²) in [4.78, 5) is 0. The average Bonchev–Trinajstić information content (AvgIpc) is 2.29. The molecule has 0 saturated carbocycles. The Hall–Kier alpha value is -1.02. The molecule has 0 aliphatic carbocycles. The van der Waals surface area contributed by atoms with Gasteiger partial charge in [0.15, 0.2) is 0 Å². The fourth-order valence-corrected chi connectivity index (χ4v) is 2.49. The molecule has 2 heteroatoms. The number of ether oxygens (including phenoxy) is 1. The number of hydrogen-bond donors (Lipinski definition) is 1. The molecule has 0 aromatic heterocycles. The van der Waals surface area contributed by atoms with Gasteiger partial charge in [0.2, 0.25) is 0 Å². The Kier molecular flexibility index (Phi) is 6.07. The lowest BCUT2D eigenvalue weighted by Crippen LogP contribution is -2.45. The Labute approximate surface area is 124 Å². The molecule has 0 heterocycles. The summed E-state index contributed by atoms with van der Waals surface area (Å²) in [6.45, 7) is 17.1. The van der Waals surface area contributed by atoms with E-state index in [0.29, 0.717) is 12.6 Å². The summed E-state index contributed by atoms with van der Waals surface area (Å²) in [7, 11) is 0. The molecule has 0 saturated heterocycles. The van der Waals surface area contributed by atoms with E-state index in [9.17, 15) is 0 Å². The predicted molar refractivity (Wildman–Crippen MR) is 87.7 cm³/mol. The predicted octanol–water partition coefficient (Wildman–Crippen LogP) is 4.40. The lowest BCUT2D eigenvalue weighted by Gasteiger charge is -2.32. The molecule has 1 atom stereocenters. The van der Waals surface area contributed by atoms with Crippen LogP contribution in [0.25, 0.3) is 0 Å². The van der Waals surface area contributed by atoms with E-state index in [1.54, 1.807) is 0 Å². The van der Waals surface area contributed by atoms with Crippen LogP contribution in [0.15, 0.2) is 12.1 Å². The molecule has 0 fully saturated rings. The van der Waals surface area contributed by atoms with E-state index in [1.165, 1.54) is 16.7 Å². The van der Waals surface area contributed by atoms with Gasteiger partial charge in [0.1, 0.15) is 12.4 Å². The first-order chi connectivity index (χ1) is 9.25. The van der Waals surface area contributed by atoms with Crippen LogP contribution in [0.4, 0.5) is 0 Å². The van der Waals surface area contributed by atoms with Crippen molar-refractivity contribution >= 4 is 0 Å². The van der Waals surface area contributed by atoms with Crippen molar-refractivity contribution in [2.24, 2.45) is 5.41 Å². The van der Waals surface area contributed by atoms with Crippen LogP contribution in [0, 0.1) is 26.2 Å². The van der Waals surface area contributed by atoms with Crippen molar-refractivity contribution in [2.45, 2.75) is 60.9 Å². The number of hydrogen-bond acceptors (Lipinski definition) is 2. The lowest BCUT2D eigenvalue weighted by molar-refractivity contribution is 0.173. The molecule has 0 aliphatic heterocycles. The minimum atomic E-state index is 0.196. The van der Waals surface area contributed by atoms with Gasteiger partial charge in [-0.3, -0.25) is 0 Å². The fourth-order valence-electron chi connectivity index (χ4n) is 2.49. The number of aryl methyl sites for hydroxylation is 3. The molecule has 2 nitrogen and oxygen atoms in total. The summed E-state index contributed by atoms with van der Waals surface area (Å²) in [6, 6.07) is 4.74.